The van der Waals surface area contributed by atoms with Gasteiger partial charge < -0.3 is 0 Å². The fourth-order valence-corrected chi connectivity index (χ4v) is 11.9. The van der Waals surface area contributed by atoms with E-state index in [9.17, 15) is 0 Å². The van der Waals surface area contributed by atoms with E-state index in [0.29, 0.717) is 0 Å². The van der Waals surface area contributed by atoms with Gasteiger partial charge in [0.15, 0.2) is 5.82 Å². The molecular formula is C54H30N2S2. The van der Waals surface area contributed by atoms with Crippen LogP contribution in [0.2, 0.25) is 0 Å². The number of hydrogen-bond donors (Lipinski definition) is 0. The second-order valence-electron chi connectivity index (χ2n) is 15.2. The fourth-order valence-electron chi connectivity index (χ4n) is 9.36. The quantitative estimate of drug-likeness (QED) is 0.167. The van der Waals surface area contributed by atoms with Gasteiger partial charge in [-0.3, -0.25) is 0 Å². The van der Waals surface area contributed by atoms with Crippen molar-refractivity contribution < 1.29 is 0 Å². The van der Waals surface area contributed by atoms with E-state index in [1.54, 1.807) is 0 Å². The Hall–Kier alpha value is -6.98. The first-order valence-corrected chi connectivity index (χ1v) is 21.3. The Morgan fingerprint density at radius 1 is 0.328 bits per heavy atom. The molecular weight excluding hydrogens is 741 g/mol. The molecule has 13 rings (SSSR count). The van der Waals surface area contributed by atoms with Crippen molar-refractivity contribution in [3.05, 3.63) is 182 Å². The molecule has 58 heavy (non-hydrogen) atoms. The van der Waals surface area contributed by atoms with Gasteiger partial charge in [0.2, 0.25) is 0 Å². The summed E-state index contributed by atoms with van der Waals surface area (Å²) in [5.74, 6) is 0.726. The molecule has 10 aromatic carbocycles. The van der Waals surface area contributed by atoms with Gasteiger partial charge in [0.05, 0.1) is 11.2 Å². The summed E-state index contributed by atoms with van der Waals surface area (Å²) in [4.78, 5) is 10.8. The number of hydrogen-bond acceptors (Lipinski definition) is 4. The van der Waals surface area contributed by atoms with Gasteiger partial charge in [0.1, 0.15) is 0 Å². The van der Waals surface area contributed by atoms with Crippen LogP contribution in [0.4, 0.5) is 0 Å². The van der Waals surface area contributed by atoms with Crippen molar-refractivity contribution in [2.24, 2.45) is 0 Å². The number of rotatable bonds is 3. The summed E-state index contributed by atoms with van der Waals surface area (Å²) in [6.07, 6.45) is 0. The van der Waals surface area contributed by atoms with Crippen LogP contribution < -0.4 is 0 Å². The van der Waals surface area contributed by atoms with Gasteiger partial charge in [-0.2, -0.15) is 0 Å². The molecule has 13 aromatic rings. The zero-order valence-corrected chi connectivity index (χ0v) is 32.7. The summed E-state index contributed by atoms with van der Waals surface area (Å²) < 4.78 is 5.30. The lowest BCUT2D eigenvalue weighted by molar-refractivity contribution is 1.24. The maximum absolute atomic E-state index is 5.39. The second-order valence-corrected chi connectivity index (χ2v) is 17.3. The van der Waals surface area contributed by atoms with Crippen LogP contribution in [-0.2, 0) is 0 Å². The van der Waals surface area contributed by atoms with Crippen molar-refractivity contribution in [1.82, 2.24) is 9.97 Å². The van der Waals surface area contributed by atoms with Crippen LogP contribution in [0.15, 0.2) is 182 Å². The van der Waals surface area contributed by atoms with Crippen molar-refractivity contribution in [1.29, 1.82) is 0 Å². The minimum Gasteiger partial charge on any atom is -0.227 e. The minimum absolute atomic E-state index is 0.726. The first-order chi connectivity index (χ1) is 28.7. The maximum atomic E-state index is 5.39. The Morgan fingerprint density at radius 3 is 1.76 bits per heavy atom. The van der Waals surface area contributed by atoms with Crippen LogP contribution in [-0.4, -0.2) is 9.97 Å². The normalized spacial score (nSPS) is 12.1. The molecule has 2 nitrogen and oxygen atoms in total. The van der Waals surface area contributed by atoms with Crippen molar-refractivity contribution in [2.75, 3.05) is 0 Å². The van der Waals surface area contributed by atoms with Gasteiger partial charge in [-0.15, -0.1) is 22.7 Å². The molecule has 4 heteroatoms. The summed E-state index contributed by atoms with van der Waals surface area (Å²) in [6.45, 7) is 0. The Bertz CT molecular complexity index is 3860. The second kappa shape index (κ2) is 12.3. The van der Waals surface area contributed by atoms with E-state index in [1.165, 1.54) is 89.2 Å². The molecule has 0 saturated carbocycles. The molecule has 0 atom stereocenters. The average molecular weight is 771 g/mol. The molecule has 0 amide bonds. The molecule has 268 valence electrons. The van der Waals surface area contributed by atoms with E-state index < -0.39 is 0 Å². The Balaban J connectivity index is 1.13. The SMILES string of the molecule is c1ccc(-c2nc(-c3ccc4c(c3)c3cc(-c5cccc6c5sc5ccccc56)ccc3c3c4ccc4c5ccccc5sc43)nc3c2ccc2ccccc23)cc1. The van der Waals surface area contributed by atoms with Crippen molar-refractivity contribution in [3.63, 3.8) is 0 Å². The molecule has 3 heterocycles. The highest BCUT2D eigenvalue weighted by Gasteiger charge is 2.19. The lowest BCUT2D eigenvalue weighted by atomic mass is 9.90. The molecule has 0 aliphatic heterocycles. The number of thiophene rings is 2. The predicted molar refractivity (Wildman–Crippen MR) is 252 cm³/mol. The number of nitrogens with zero attached hydrogens (tertiary/aromatic N) is 2. The third-order valence-electron chi connectivity index (χ3n) is 12.0. The van der Waals surface area contributed by atoms with E-state index in [0.717, 1.165) is 38.9 Å². The fraction of sp³-hybridized carbons (Fsp3) is 0. The predicted octanol–water partition coefficient (Wildman–Crippen LogP) is 16.0. The molecule has 0 bridgehead atoms. The molecule has 0 fully saturated rings. The molecule has 0 spiro atoms. The van der Waals surface area contributed by atoms with Crippen LogP contribution >= 0.6 is 22.7 Å². The van der Waals surface area contributed by atoms with Gasteiger partial charge in [-0.1, -0.05) is 152 Å². The topological polar surface area (TPSA) is 25.8 Å². The summed E-state index contributed by atoms with van der Waals surface area (Å²) >= 11 is 3.79. The molecule has 0 unspecified atom stereocenters. The highest BCUT2D eigenvalue weighted by molar-refractivity contribution is 7.27. The molecule has 0 aliphatic carbocycles. The molecule has 0 N–H and O–H groups in total. The minimum atomic E-state index is 0.726. The first-order valence-electron chi connectivity index (χ1n) is 19.6. The third-order valence-corrected chi connectivity index (χ3v) is 14.5. The van der Waals surface area contributed by atoms with Crippen LogP contribution in [0.5, 0.6) is 0 Å². The van der Waals surface area contributed by atoms with Gasteiger partial charge in [0, 0.05) is 67.6 Å². The van der Waals surface area contributed by atoms with Crippen molar-refractivity contribution in [3.8, 4) is 33.8 Å². The van der Waals surface area contributed by atoms with Crippen molar-refractivity contribution in [2.45, 2.75) is 0 Å². The zero-order chi connectivity index (χ0) is 37.9. The van der Waals surface area contributed by atoms with Crippen LogP contribution in [0, 0.1) is 0 Å². The van der Waals surface area contributed by atoms with E-state index in [1.807, 2.05) is 22.7 Å². The Kier molecular flexibility index (Phi) is 6.79. The van der Waals surface area contributed by atoms with Crippen molar-refractivity contribution >= 4 is 117 Å². The molecule has 0 saturated heterocycles. The summed E-state index contributed by atoms with van der Waals surface area (Å²) in [5.41, 5.74) is 6.48. The maximum Gasteiger partial charge on any atom is 0.160 e. The smallest absolute Gasteiger partial charge is 0.160 e. The standard InChI is InChI=1S/C54H30N2S2/c1-2-12-32(13-3-1)50-44-26-21-31-11-4-5-14-35(31)51(44)56-54(55-50)34-23-24-37-40-27-28-43-39-16-7-9-20-48(39)58-53(43)49(40)41-25-22-33(29-46(41)45(37)30-34)36-17-10-18-42-38-15-6-8-19-47(38)57-52(36)42/h1-30H. The van der Waals surface area contributed by atoms with Crippen LogP contribution in [0.3, 0.4) is 0 Å². The van der Waals surface area contributed by atoms with Crippen LogP contribution in [0.1, 0.15) is 0 Å². The van der Waals surface area contributed by atoms with Gasteiger partial charge in [-0.05, 0) is 73.8 Å². The number of benzene rings is 10. The van der Waals surface area contributed by atoms with Gasteiger partial charge in [0.25, 0.3) is 0 Å². The largest absolute Gasteiger partial charge is 0.227 e. The first kappa shape index (κ1) is 32.1. The Labute approximate surface area is 340 Å². The van der Waals surface area contributed by atoms with E-state index in [2.05, 4.69) is 182 Å². The summed E-state index contributed by atoms with van der Waals surface area (Å²) in [7, 11) is 0. The molecule has 0 radical (unpaired) electrons. The third kappa shape index (κ3) is 4.64. The summed E-state index contributed by atoms with van der Waals surface area (Å²) in [6, 6.07) is 66.5. The van der Waals surface area contributed by atoms with Crippen LogP contribution in [0.25, 0.3) is 128 Å². The van der Waals surface area contributed by atoms with E-state index >= 15 is 0 Å². The Morgan fingerprint density at radius 2 is 0.914 bits per heavy atom. The monoisotopic (exact) mass is 770 g/mol. The zero-order valence-electron chi connectivity index (χ0n) is 31.0. The lowest BCUT2D eigenvalue weighted by Gasteiger charge is -2.15. The van der Waals surface area contributed by atoms with Gasteiger partial charge >= 0.3 is 0 Å². The van der Waals surface area contributed by atoms with E-state index in [4.69, 9.17) is 9.97 Å². The van der Waals surface area contributed by atoms with E-state index in [-0.39, 0.29) is 0 Å². The van der Waals surface area contributed by atoms with Gasteiger partial charge in [-0.25, -0.2) is 9.97 Å². The molecule has 3 aromatic heterocycles. The highest BCUT2D eigenvalue weighted by atomic mass is 32.1. The molecule has 0 aliphatic rings. The highest BCUT2D eigenvalue weighted by Crippen LogP contribution is 2.47. The number of fused-ring (bicyclic) bond motifs is 16. The lowest BCUT2D eigenvalue weighted by Crippen LogP contribution is -1.96. The summed E-state index contributed by atoms with van der Waals surface area (Å²) in [5, 5.41) is 16.1. The average Bonchev–Trinajstić information content (AvgIpc) is 3.87. The number of aromatic nitrogens is 2.